The van der Waals surface area contributed by atoms with Crippen molar-refractivity contribution in [3.63, 3.8) is 0 Å². The number of hydrogen-bond donors (Lipinski definition) is 2. The topological polar surface area (TPSA) is 86.3 Å². The number of carbonyl (C=O) groups excluding carboxylic acids is 1. The zero-order chi connectivity index (χ0) is 22.7. The summed E-state index contributed by atoms with van der Waals surface area (Å²) in [6.45, 7) is -0.578. The summed E-state index contributed by atoms with van der Waals surface area (Å²) in [6.07, 6.45) is 1.04. The second kappa shape index (κ2) is 9.09. The largest absolute Gasteiger partial charge is 0.487 e. The van der Waals surface area contributed by atoms with E-state index < -0.39 is 45.6 Å². The van der Waals surface area contributed by atoms with Crippen LogP contribution in [0.25, 0.3) is 5.69 Å². The van der Waals surface area contributed by atoms with Gasteiger partial charge in [0.2, 0.25) is 0 Å². The molecule has 0 aliphatic heterocycles. The lowest BCUT2D eigenvalue weighted by Crippen LogP contribution is -2.28. The minimum atomic E-state index is -1.08. The molecule has 11 heteroatoms. The first-order valence-corrected chi connectivity index (χ1v) is 9.04. The Morgan fingerprint density at radius 3 is 2.35 bits per heavy atom. The summed E-state index contributed by atoms with van der Waals surface area (Å²) in [7, 11) is 0. The highest BCUT2D eigenvalue weighted by Crippen LogP contribution is 2.25. The van der Waals surface area contributed by atoms with Gasteiger partial charge in [0.05, 0.1) is 0 Å². The minimum absolute atomic E-state index is 0.0129. The second-order valence-electron chi connectivity index (χ2n) is 6.32. The Bertz CT molecular complexity index is 1190. The molecule has 0 unspecified atom stereocenters. The van der Waals surface area contributed by atoms with Crippen LogP contribution >= 0.6 is 11.6 Å². The maximum absolute atomic E-state index is 14.5. The fourth-order valence-corrected chi connectivity index (χ4v) is 2.92. The third-order valence-corrected chi connectivity index (χ3v) is 4.53. The van der Waals surface area contributed by atoms with E-state index in [1.807, 2.05) is 0 Å². The number of halogens is 5. The first-order chi connectivity index (χ1) is 14.7. The van der Waals surface area contributed by atoms with Crippen molar-refractivity contribution < 1.29 is 27.1 Å². The molecule has 3 aromatic rings. The van der Waals surface area contributed by atoms with E-state index in [1.165, 1.54) is 12.1 Å². The molecule has 162 valence electrons. The van der Waals surface area contributed by atoms with Gasteiger partial charge in [-0.25, -0.2) is 22.4 Å². The van der Waals surface area contributed by atoms with Crippen molar-refractivity contribution in [1.82, 2.24) is 9.88 Å². The smallest absolute Gasteiger partial charge is 0.312 e. The van der Waals surface area contributed by atoms with Crippen LogP contribution in [0, 0.1) is 23.3 Å². The summed E-state index contributed by atoms with van der Waals surface area (Å²) >= 11 is 5.98. The number of ether oxygens (including phenoxy) is 1. The van der Waals surface area contributed by atoms with Crippen molar-refractivity contribution in [2.45, 2.75) is 13.2 Å². The molecule has 3 rings (SSSR count). The van der Waals surface area contributed by atoms with E-state index in [0.29, 0.717) is 10.6 Å². The Kier molecular flexibility index (Phi) is 6.50. The van der Waals surface area contributed by atoms with Crippen molar-refractivity contribution >= 4 is 17.6 Å². The molecule has 1 heterocycles. The van der Waals surface area contributed by atoms with Gasteiger partial charge in [0.25, 0.3) is 5.56 Å². The van der Waals surface area contributed by atoms with Crippen LogP contribution in [0.3, 0.4) is 0 Å². The molecule has 1 aromatic heterocycles. The lowest BCUT2D eigenvalue weighted by atomic mass is 10.1. The van der Waals surface area contributed by atoms with Crippen LogP contribution in [0.4, 0.5) is 22.4 Å². The van der Waals surface area contributed by atoms with Gasteiger partial charge in [0.1, 0.15) is 34.7 Å². The number of rotatable bonds is 6. The van der Waals surface area contributed by atoms with E-state index in [-0.39, 0.29) is 30.0 Å². The standard InChI is InChI=1S/C20H14ClF4N3O3/c21-17-16(31-9-11-1-2-12(22)7-13(11)23)3-4-28(19(17)29)18-14(24)5-10(6-15(18)25)8-27-20(26)30/h1-7H,8-9H2,(H3,26,27,30). The van der Waals surface area contributed by atoms with Gasteiger partial charge in [-0.2, -0.15) is 0 Å². The third kappa shape index (κ3) is 4.97. The first kappa shape index (κ1) is 22.2. The fraction of sp³-hybridized carbons (Fsp3) is 0.100. The molecule has 0 bridgehead atoms. The van der Waals surface area contributed by atoms with E-state index in [9.17, 15) is 27.2 Å². The predicted molar refractivity (Wildman–Crippen MR) is 104 cm³/mol. The Balaban J connectivity index is 1.88. The van der Waals surface area contributed by atoms with Gasteiger partial charge in [-0.3, -0.25) is 9.36 Å². The number of urea groups is 1. The van der Waals surface area contributed by atoms with Gasteiger partial charge in [-0.15, -0.1) is 0 Å². The number of benzene rings is 2. The van der Waals surface area contributed by atoms with Crippen LogP contribution in [0.5, 0.6) is 5.75 Å². The molecular formula is C20H14ClF4N3O3. The molecule has 0 saturated heterocycles. The van der Waals surface area contributed by atoms with E-state index in [4.69, 9.17) is 22.1 Å². The zero-order valence-electron chi connectivity index (χ0n) is 15.6. The number of nitrogens with zero attached hydrogens (tertiary/aromatic N) is 1. The van der Waals surface area contributed by atoms with Crippen LogP contribution < -0.4 is 21.3 Å². The number of hydrogen-bond acceptors (Lipinski definition) is 3. The number of pyridine rings is 1. The summed E-state index contributed by atoms with van der Waals surface area (Å²) in [5.41, 5.74) is 3.34. The van der Waals surface area contributed by atoms with Crippen LogP contribution in [-0.4, -0.2) is 10.6 Å². The van der Waals surface area contributed by atoms with Gasteiger partial charge < -0.3 is 15.8 Å². The Hall–Kier alpha value is -3.53. The molecule has 0 fully saturated rings. The number of nitrogens with two attached hydrogens (primary N) is 1. The maximum atomic E-state index is 14.5. The number of nitrogens with one attached hydrogen (secondary N) is 1. The molecule has 0 aliphatic carbocycles. The molecule has 0 saturated carbocycles. The molecule has 0 radical (unpaired) electrons. The molecule has 31 heavy (non-hydrogen) atoms. The van der Waals surface area contributed by atoms with E-state index in [1.54, 1.807) is 0 Å². The molecule has 0 atom stereocenters. The van der Waals surface area contributed by atoms with E-state index in [0.717, 1.165) is 24.4 Å². The lowest BCUT2D eigenvalue weighted by Gasteiger charge is -2.13. The fourth-order valence-electron chi connectivity index (χ4n) is 2.72. The maximum Gasteiger partial charge on any atom is 0.312 e. The van der Waals surface area contributed by atoms with Crippen LogP contribution in [0.1, 0.15) is 11.1 Å². The molecule has 2 amide bonds. The summed E-state index contributed by atoms with van der Waals surface area (Å²) in [5.74, 6) is -3.93. The van der Waals surface area contributed by atoms with Gasteiger partial charge in [0.15, 0.2) is 11.6 Å². The van der Waals surface area contributed by atoms with E-state index in [2.05, 4.69) is 5.32 Å². The van der Waals surface area contributed by atoms with Crippen molar-refractivity contribution in [3.05, 3.63) is 92.4 Å². The van der Waals surface area contributed by atoms with Crippen LogP contribution in [-0.2, 0) is 13.2 Å². The average Bonchev–Trinajstić information content (AvgIpc) is 2.69. The SMILES string of the molecule is NC(=O)NCc1cc(F)c(-n2ccc(OCc3ccc(F)cc3F)c(Cl)c2=O)c(F)c1. The summed E-state index contributed by atoms with van der Waals surface area (Å²) in [4.78, 5) is 23.3. The highest BCUT2D eigenvalue weighted by atomic mass is 35.5. The highest BCUT2D eigenvalue weighted by Gasteiger charge is 2.18. The Morgan fingerprint density at radius 1 is 1.06 bits per heavy atom. The molecule has 0 aliphatic rings. The second-order valence-corrected chi connectivity index (χ2v) is 6.70. The molecule has 6 nitrogen and oxygen atoms in total. The van der Waals surface area contributed by atoms with Gasteiger partial charge in [-0.05, 0) is 35.9 Å². The van der Waals surface area contributed by atoms with Gasteiger partial charge in [-0.1, -0.05) is 11.6 Å². The van der Waals surface area contributed by atoms with Gasteiger partial charge in [0, 0.05) is 24.4 Å². The monoisotopic (exact) mass is 455 g/mol. The number of amides is 2. The number of primary amides is 1. The number of aromatic nitrogens is 1. The minimum Gasteiger partial charge on any atom is -0.487 e. The normalized spacial score (nSPS) is 10.7. The highest BCUT2D eigenvalue weighted by molar-refractivity contribution is 6.31. The quantitative estimate of drug-likeness (QED) is 0.554. The van der Waals surface area contributed by atoms with Crippen molar-refractivity contribution in [1.29, 1.82) is 0 Å². The Morgan fingerprint density at radius 2 is 1.74 bits per heavy atom. The molecular weight excluding hydrogens is 442 g/mol. The molecule has 0 spiro atoms. The summed E-state index contributed by atoms with van der Waals surface area (Å²) in [5, 5.41) is 1.69. The third-order valence-electron chi connectivity index (χ3n) is 4.18. The number of carbonyl (C=O) groups is 1. The van der Waals surface area contributed by atoms with E-state index >= 15 is 0 Å². The zero-order valence-corrected chi connectivity index (χ0v) is 16.4. The summed E-state index contributed by atoms with van der Waals surface area (Å²) < 4.78 is 61.6. The van der Waals surface area contributed by atoms with Crippen LogP contribution in [0.2, 0.25) is 5.02 Å². The Labute approximate surface area is 177 Å². The van der Waals surface area contributed by atoms with Gasteiger partial charge >= 0.3 is 6.03 Å². The average molecular weight is 456 g/mol. The molecule has 3 N–H and O–H groups in total. The lowest BCUT2D eigenvalue weighted by molar-refractivity contribution is 0.248. The van der Waals surface area contributed by atoms with Crippen LogP contribution in [0.15, 0.2) is 47.4 Å². The van der Waals surface area contributed by atoms with Crippen molar-refractivity contribution in [2.24, 2.45) is 5.73 Å². The first-order valence-electron chi connectivity index (χ1n) is 8.67. The molecule has 2 aromatic carbocycles. The summed E-state index contributed by atoms with van der Waals surface area (Å²) in [6, 6.07) is 5.03. The predicted octanol–water partition coefficient (Wildman–Crippen LogP) is 3.79. The van der Waals surface area contributed by atoms with Crippen molar-refractivity contribution in [3.8, 4) is 11.4 Å². The van der Waals surface area contributed by atoms with Crippen molar-refractivity contribution in [2.75, 3.05) is 0 Å².